The van der Waals surface area contributed by atoms with E-state index in [9.17, 15) is 0 Å². The molecule has 0 radical (unpaired) electrons. The molecule has 12 heavy (non-hydrogen) atoms. The van der Waals surface area contributed by atoms with Crippen molar-refractivity contribution in [1.82, 2.24) is 0 Å². The highest BCUT2D eigenvalue weighted by Gasteiger charge is 2.04. The van der Waals surface area contributed by atoms with E-state index in [1.807, 2.05) is 17.5 Å². The van der Waals surface area contributed by atoms with Gasteiger partial charge in [0.05, 0.1) is 11.1 Å². The number of hydrogen-bond donors (Lipinski definition) is 0. The lowest BCUT2D eigenvalue weighted by Gasteiger charge is -1.96. The molecule has 0 saturated heterocycles. The molecule has 1 rings (SSSR count). The molecule has 0 aliphatic heterocycles. The summed E-state index contributed by atoms with van der Waals surface area (Å²) in [5.74, 6) is 0. The van der Waals surface area contributed by atoms with E-state index in [0.29, 0.717) is 5.03 Å². The summed E-state index contributed by atoms with van der Waals surface area (Å²) in [6.07, 6.45) is 2.32. The minimum atomic E-state index is 0.546. The Labute approximate surface area is 80.9 Å². The van der Waals surface area contributed by atoms with Crippen molar-refractivity contribution in [1.29, 1.82) is 5.26 Å². The molecule has 1 aromatic rings. The zero-order chi connectivity index (χ0) is 8.97. The monoisotopic (exact) mass is 197 g/mol. The molecule has 0 amide bonds. The van der Waals surface area contributed by atoms with Gasteiger partial charge in [-0.1, -0.05) is 18.5 Å². The van der Waals surface area contributed by atoms with E-state index < -0.39 is 0 Å². The van der Waals surface area contributed by atoms with Crippen molar-refractivity contribution in [2.24, 2.45) is 0 Å². The summed E-state index contributed by atoms with van der Waals surface area (Å²) < 4.78 is 0. The Balaban J connectivity index is 3.03. The van der Waals surface area contributed by atoms with Crippen LogP contribution in [0.3, 0.4) is 0 Å². The molecule has 0 saturated carbocycles. The van der Waals surface area contributed by atoms with Gasteiger partial charge < -0.3 is 0 Å². The number of nitrogens with zero attached hydrogens (tertiary/aromatic N) is 1. The van der Waals surface area contributed by atoms with Gasteiger partial charge in [-0.25, -0.2) is 0 Å². The zero-order valence-electron chi connectivity index (χ0n) is 6.67. The predicted molar refractivity (Wildman–Crippen MR) is 53.1 cm³/mol. The third-order valence-corrected chi connectivity index (χ3v) is 2.94. The number of rotatable bonds is 2. The molecular weight excluding hydrogens is 190 g/mol. The highest BCUT2D eigenvalue weighted by molar-refractivity contribution is 7.12. The number of nitriles is 1. The van der Waals surface area contributed by atoms with Crippen molar-refractivity contribution in [2.75, 3.05) is 0 Å². The van der Waals surface area contributed by atoms with Crippen LogP contribution in [0, 0.1) is 11.3 Å². The summed E-state index contributed by atoms with van der Waals surface area (Å²) in [6.45, 7) is 2.07. The lowest BCUT2D eigenvalue weighted by atomic mass is 10.2. The van der Waals surface area contributed by atoms with Crippen LogP contribution in [0.5, 0.6) is 0 Å². The van der Waals surface area contributed by atoms with Crippen LogP contribution < -0.4 is 0 Å². The van der Waals surface area contributed by atoms with Gasteiger partial charge in [-0.05, 0) is 23.4 Å². The van der Waals surface area contributed by atoms with Crippen molar-refractivity contribution in [3.63, 3.8) is 0 Å². The zero-order valence-corrected chi connectivity index (χ0v) is 8.25. The Morgan fingerprint density at radius 2 is 2.58 bits per heavy atom. The van der Waals surface area contributed by atoms with Crippen LogP contribution in [0.2, 0.25) is 0 Å². The average molecular weight is 198 g/mol. The molecule has 0 bridgehead atoms. The summed E-state index contributed by atoms with van der Waals surface area (Å²) in [6, 6.07) is 3.96. The second-order valence-corrected chi connectivity index (χ2v) is 3.57. The maximum absolute atomic E-state index is 8.39. The molecule has 1 nitrogen and oxygen atoms in total. The van der Waals surface area contributed by atoms with Crippen LogP contribution in [-0.2, 0) is 6.42 Å². The Morgan fingerprint density at radius 1 is 1.83 bits per heavy atom. The standard InChI is InChI=1S/C9H8ClNS/c1-2-7-4-6-12-9(7)8(10)3-5-11/h3-4,6H,2H2,1H3. The minimum Gasteiger partial charge on any atom is -0.193 e. The first-order valence-electron chi connectivity index (χ1n) is 3.61. The van der Waals surface area contributed by atoms with Gasteiger partial charge in [0, 0.05) is 11.0 Å². The number of allylic oxidation sites excluding steroid dienone is 1. The lowest BCUT2D eigenvalue weighted by molar-refractivity contribution is 1.15. The Hall–Kier alpha value is -0.780. The molecule has 0 aliphatic carbocycles. The molecule has 62 valence electrons. The fraction of sp³-hybridized carbons (Fsp3) is 0.222. The Bertz CT molecular complexity index is 333. The molecule has 0 fully saturated rings. The third-order valence-electron chi connectivity index (χ3n) is 1.54. The van der Waals surface area contributed by atoms with Gasteiger partial charge >= 0.3 is 0 Å². The molecule has 3 heteroatoms. The summed E-state index contributed by atoms with van der Waals surface area (Å²) >= 11 is 7.45. The Morgan fingerprint density at radius 3 is 3.17 bits per heavy atom. The summed E-state index contributed by atoms with van der Waals surface area (Å²) in [5.41, 5.74) is 1.21. The molecule has 0 unspecified atom stereocenters. The number of hydrogen-bond acceptors (Lipinski definition) is 2. The van der Waals surface area contributed by atoms with Gasteiger partial charge in [0.25, 0.3) is 0 Å². The number of aryl methyl sites for hydroxylation is 1. The van der Waals surface area contributed by atoms with E-state index in [0.717, 1.165) is 11.3 Å². The summed E-state index contributed by atoms with van der Waals surface area (Å²) in [4.78, 5) is 1.01. The Kier molecular flexibility index (Phi) is 3.33. The molecule has 0 N–H and O–H groups in total. The first-order valence-corrected chi connectivity index (χ1v) is 4.87. The molecule has 0 atom stereocenters. The summed E-state index contributed by atoms with van der Waals surface area (Å²) in [5, 5.41) is 10.9. The molecule has 0 aliphatic rings. The van der Waals surface area contributed by atoms with Crippen molar-refractivity contribution >= 4 is 28.0 Å². The van der Waals surface area contributed by atoms with Crippen molar-refractivity contribution < 1.29 is 0 Å². The minimum absolute atomic E-state index is 0.546. The fourth-order valence-corrected chi connectivity index (χ4v) is 2.15. The van der Waals surface area contributed by atoms with Crippen LogP contribution in [0.4, 0.5) is 0 Å². The van der Waals surface area contributed by atoms with Gasteiger partial charge in [-0.15, -0.1) is 11.3 Å². The van der Waals surface area contributed by atoms with Crippen molar-refractivity contribution in [3.8, 4) is 6.07 Å². The fourth-order valence-electron chi connectivity index (χ4n) is 0.946. The number of thiophene rings is 1. The van der Waals surface area contributed by atoms with Gasteiger partial charge in [0.15, 0.2) is 0 Å². The van der Waals surface area contributed by atoms with E-state index in [1.165, 1.54) is 11.6 Å². The smallest absolute Gasteiger partial charge is 0.0928 e. The van der Waals surface area contributed by atoms with Crippen LogP contribution in [0.15, 0.2) is 17.5 Å². The van der Waals surface area contributed by atoms with Gasteiger partial charge in [-0.2, -0.15) is 5.26 Å². The van der Waals surface area contributed by atoms with E-state index in [1.54, 1.807) is 11.3 Å². The normalized spacial score (nSPS) is 11.2. The van der Waals surface area contributed by atoms with E-state index in [2.05, 4.69) is 6.92 Å². The van der Waals surface area contributed by atoms with Gasteiger partial charge in [0.2, 0.25) is 0 Å². The van der Waals surface area contributed by atoms with E-state index >= 15 is 0 Å². The topological polar surface area (TPSA) is 23.8 Å². The van der Waals surface area contributed by atoms with E-state index in [4.69, 9.17) is 16.9 Å². The first-order chi connectivity index (χ1) is 5.79. The molecule has 0 aromatic carbocycles. The molecule has 0 spiro atoms. The predicted octanol–water partition coefficient (Wildman–Crippen LogP) is 3.41. The molecular formula is C9H8ClNS. The highest BCUT2D eigenvalue weighted by Crippen LogP contribution is 2.28. The largest absolute Gasteiger partial charge is 0.193 e. The van der Waals surface area contributed by atoms with Gasteiger partial charge in [0.1, 0.15) is 0 Å². The molecule has 1 aromatic heterocycles. The second-order valence-electron chi connectivity index (χ2n) is 2.25. The van der Waals surface area contributed by atoms with Crippen LogP contribution in [0.1, 0.15) is 17.4 Å². The average Bonchev–Trinajstić information content (AvgIpc) is 2.51. The maximum Gasteiger partial charge on any atom is 0.0928 e. The van der Waals surface area contributed by atoms with Gasteiger partial charge in [-0.3, -0.25) is 0 Å². The highest BCUT2D eigenvalue weighted by atomic mass is 35.5. The van der Waals surface area contributed by atoms with E-state index in [-0.39, 0.29) is 0 Å². The molecule has 1 heterocycles. The van der Waals surface area contributed by atoms with Crippen LogP contribution >= 0.6 is 22.9 Å². The van der Waals surface area contributed by atoms with Crippen LogP contribution in [0.25, 0.3) is 5.03 Å². The van der Waals surface area contributed by atoms with Crippen molar-refractivity contribution in [3.05, 3.63) is 28.0 Å². The summed E-state index contributed by atoms with van der Waals surface area (Å²) in [7, 11) is 0. The van der Waals surface area contributed by atoms with Crippen LogP contribution in [-0.4, -0.2) is 0 Å². The first kappa shape index (κ1) is 9.31. The third kappa shape index (κ3) is 1.88. The SMILES string of the molecule is CCc1ccsc1C(Cl)=CC#N. The quantitative estimate of drug-likeness (QED) is 0.667. The van der Waals surface area contributed by atoms with Crippen molar-refractivity contribution in [2.45, 2.75) is 13.3 Å². The maximum atomic E-state index is 8.39. The number of halogens is 1. The second kappa shape index (κ2) is 4.30. The lowest BCUT2D eigenvalue weighted by Crippen LogP contribution is -1.79.